The molecule has 3 nitrogen and oxygen atoms in total. The van der Waals surface area contributed by atoms with Crippen molar-refractivity contribution >= 4 is 16.7 Å². The standard InChI is InChI=1S/C25H17F3O3/c1-31-24(30)22-21(16-10-6-3-7-11-16)20(15-8-4-2-5-9-15)19-14-17(25(26,27)28)12-13-18(19)23(22)29/h2-14,29H,1H3. The minimum absolute atomic E-state index is 0.0974. The molecule has 0 aromatic heterocycles. The molecule has 0 bridgehead atoms. The van der Waals surface area contributed by atoms with Gasteiger partial charge in [0.25, 0.3) is 0 Å². The summed E-state index contributed by atoms with van der Waals surface area (Å²) in [4.78, 5) is 12.7. The van der Waals surface area contributed by atoms with Crippen LogP contribution in [0.1, 0.15) is 15.9 Å². The SMILES string of the molecule is COC(=O)c1c(-c2ccccc2)c(-c2ccccc2)c2cc(C(F)(F)F)ccc2c1O. The Morgan fingerprint density at radius 2 is 1.35 bits per heavy atom. The normalized spacial score (nSPS) is 11.5. The molecule has 31 heavy (non-hydrogen) atoms. The number of methoxy groups -OCH3 is 1. The number of alkyl halides is 3. The van der Waals surface area contributed by atoms with Gasteiger partial charge >= 0.3 is 12.1 Å². The molecule has 156 valence electrons. The van der Waals surface area contributed by atoms with E-state index in [-0.39, 0.29) is 16.3 Å². The van der Waals surface area contributed by atoms with E-state index in [1.165, 1.54) is 13.2 Å². The fourth-order valence-corrected chi connectivity index (χ4v) is 3.75. The number of rotatable bonds is 3. The average Bonchev–Trinajstić information content (AvgIpc) is 2.78. The van der Waals surface area contributed by atoms with Crippen molar-refractivity contribution in [3.63, 3.8) is 0 Å². The van der Waals surface area contributed by atoms with E-state index in [1.807, 2.05) is 0 Å². The van der Waals surface area contributed by atoms with Crippen molar-refractivity contribution in [3.8, 4) is 28.0 Å². The second-order valence-corrected chi connectivity index (χ2v) is 6.96. The lowest BCUT2D eigenvalue weighted by Gasteiger charge is -2.20. The maximum Gasteiger partial charge on any atom is 0.416 e. The number of hydrogen-bond acceptors (Lipinski definition) is 3. The first kappa shape index (κ1) is 20.5. The number of carbonyl (C=O) groups is 1. The van der Waals surface area contributed by atoms with Crippen molar-refractivity contribution in [2.75, 3.05) is 7.11 Å². The van der Waals surface area contributed by atoms with Gasteiger partial charge in [-0.1, -0.05) is 66.7 Å². The van der Waals surface area contributed by atoms with Crippen LogP contribution in [0.5, 0.6) is 5.75 Å². The zero-order valence-electron chi connectivity index (χ0n) is 16.4. The van der Waals surface area contributed by atoms with Gasteiger partial charge in [0.2, 0.25) is 0 Å². The molecule has 0 saturated carbocycles. The lowest BCUT2D eigenvalue weighted by atomic mass is 9.85. The second kappa shape index (κ2) is 7.80. The molecule has 0 aliphatic carbocycles. The predicted molar refractivity (Wildman–Crippen MR) is 113 cm³/mol. The number of carbonyl (C=O) groups excluding carboxylic acids is 1. The van der Waals surface area contributed by atoms with Crippen molar-refractivity contribution in [1.82, 2.24) is 0 Å². The fourth-order valence-electron chi connectivity index (χ4n) is 3.75. The third-order valence-electron chi connectivity index (χ3n) is 5.12. The molecule has 0 aliphatic rings. The monoisotopic (exact) mass is 422 g/mol. The van der Waals surface area contributed by atoms with Crippen molar-refractivity contribution < 1.29 is 27.8 Å². The van der Waals surface area contributed by atoms with Gasteiger partial charge in [0, 0.05) is 10.9 Å². The van der Waals surface area contributed by atoms with Gasteiger partial charge in [-0.05, 0) is 34.2 Å². The molecule has 0 amide bonds. The largest absolute Gasteiger partial charge is 0.506 e. The van der Waals surface area contributed by atoms with E-state index in [0.717, 1.165) is 12.1 Å². The number of phenols is 1. The zero-order chi connectivity index (χ0) is 22.2. The number of fused-ring (bicyclic) bond motifs is 1. The van der Waals surface area contributed by atoms with Crippen LogP contribution in [0.2, 0.25) is 0 Å². The van der Waals surface area contributed by atoms with Crippen LogP contribution in [0.25, 0.3) is 33.0 Å². The Kier molecular flexibility index (Phi) is 5.15. The maximum absolute atomic E-state index is 13.5. The third kappa shape index (κ3) is 3.61. The smallest absolute Gasteiger partial charge is 0.416 e. The number of halogens is 3. The molecule has 0 aliphatic heterocycles. The van der Waals surface area contributed by atoms with Gasteiger partial charge in [0.05, 0.1) is 12.7 Å². The first-order valence-corrected chi connectivity index (χ1v) is 9.42. The first-order chi connectivity index (χ1) is 14.8. The molecule has 1 N–H and O–H groups in total. The molecule has 4 rings (SSSR count). The summed E-state index contributed by atoms with van der Waals surface area (Å²) in [5.74, 6) is -1.20. The summed E-state index contributed by atoms with van der Waals surface area (Å²) in [6, 6.07) is 20.6. The Morgan fingerprint density at radius 1 is 0.806 bits per heavy atom. The Labute approximate surface area is 176 Å². The highest BCUT2D eigenvalue weighted by Gasteiger charge is 2.32. The van der Waals surface area contributed by atoms with Crippen molar-refractivity contribution in [1.29, 1.82) is 0 Å². The maximum atomic E-state index is 13.5. The van der Waals surface area contributed by atoms with Crippen LogP contribution in [0.4, 0.5) is 13.2 Å². The Morgan fingerprint density at radius 3 is 1.87 bits per heavy atom. The quantitative estimate of drug-likeness (QED) is 0.375. The predicted octanol–water partition coefficient (Wildman–Crippen LogP) is 6.68. The van der Waals surface area contributed by atoms with Crippen LogP contribution in [0.15, 0.2) is 78.9 Å². The van der Waals surface area contributed by atoms with Crippen LogP contribution in [0.3, 0.4) is 0 Å². The molecule has 4 aromatic rings. The molecule has 0 radical (unpaired) electrons. The van der Waals surface area contributed by atoms with Gasteiger partial charge in [-0.3, -0.25) is 0 Å². The number of aromatic hydroxyl groups is 1. The molecule has 6 heteroatoms. The summed E-state index contributed by atoms with van der Waals surface area (Å²) in [7, 11) is 1.19. The topological polar surface area (TPSA) is 46.5 Å². The molecular formula is C25H17F3O3. The van der Waals surface area contributed by atoms with Crippen LogP contribution in [0, 0.1) is 0 Å². The number of phenolic OH excluding ortho intramolecular Hbond substituents is 1. The number of hydrogen-bond donors (Lipinski definition) is 1. The fraction of sp³-hybridized carbons (Fsp3) is 0.0800. The van der Waals surface area contributed by atoms with E-state index in [2.05, 4.69) is 0 Å². The van der Waals surface area contributed by atoms with Crippen molar-refractivity contribution in [2.24, 2.45) is 0 Å². The minimum Gasteiger partial charge on any atom is -0.506 e. The number of esters is 1. The lowest BCUT2D eigenvalue weighted by molar-refractivity contribution is -0.137. The average molecular weight is 422 g/mol. The summed E-state index contributed by atoms with van der Waals surface area (Å²) in [5, 5.41) is 11.3. The van der Waals surface area contributed by atoms with E-state index in [4.69, 9.17) is 4.74 Å². The van der Waals surface area contributed by atoms with Crippen LogP contribution >= 0.6 is 0 Å². The van der Waals surface area contributed by atoms with Gasteiger partial charge in [-0.2, -0.15) is 13.2 Å². The summed E-state index contributed by atoms with van der Waals surface area (Å²) < 4.78 is 45.4. The molecule has 0 heterocycles. The van der Waals surface area contributed by atoms with Gasteiger partial charge in [0.15, 0.2) is 0 Å². The van der Waals surface area contributed by atoms with Crippen LogP contribution in [-0.4, -0.2) is 18.2 Å². The van der Waals surface area contributed by atoms with E-state index in [9.17, 15) is 23.1 Å². The van der Waals surface area contributed by atoms with Crippen LogP contribution in [-0.2, 0) is 10.9 Å². The molecule has 0 unspecified atom stereocenters. The number of benzene rings is 4. The first-order valence-electron chi connectivity index (χ1n) is 9.42. The molecule has 0 saturated heterocycles. The van der Waals surface area contributed by atoms with E-state index < -0.39 is 23.5 Å². The van der Waals surface area contributed by atoms with E-state index >= 15 is 0 Å². The van der Waals surface area contributed by atoms with Gasteiger partial charge in [-0.25, -0.2) is 4.79 Å². The molecule has 0 atom stereocenters. The highest BCUT2D eigenvalue weighted by atomic mass is 19.4. The summed E-state index contributed by atoms with van der Waals surface area (Å²) in [6.45, 7) is 0. The van der Waals surface area contributed by atoms with Gasteiger partial charge in [0.1, 0.15) is 11.3 Å². The molecule has 0 fully saturated rings. The van der Waals surface area contributed by atoms with Crippen LogP contribution < -0.4 is 0 Å². The molecule has 0 spiro atoms. The Bertz CT molecular complexity index is 1260. The Hall–Kier alpha value is -3.80. The third-order valence-corrected chi connectivity index (χ3v) is 5.12. The van der Waals surface area contributed by atoms with Gasteiger partial charge in [-0.15, -0.1) is 0 Å². The highest BCUT2D eigenvalue weighted by molar-refractivity contribution is 6.16. The molecule has 4 aromatic carbocycles. The van der Waals surface area contributed by atoms with E-state index in [0.29, 0.717) is 22.3 Å². The second-order valence-electron chi connectivity index (χ2n) is 6.96. The minimum atomic E-state index is -4.56. The highest BCUT2D eigenvalue weighted by Crippen LogP contribution is 2.47. The van der Waals surface area contributed by atoms with Crippen molar-refractivity contribution in [3.05, 3.63) is 90.0 Å². The van der Waals surface area contributed by atoms with E-state index in [1.54, 1.807) is 60.7 Å². The van der Waals surface area contributed by atoms with Gasteiger partial charge < -0.3 is 9.84 Å². The van der Waals surface area contributed by atoms with Crippen molar-refractivity contribution in [2.45, 2.75) is 6.18 Å². The summed E-state index contributed by atoms with van der Waals surface area (Å²) >= 11 is 0. The molecular weight excluding hydrogens is 405 g/mol. The lowest BCUT2D eigenvalue weighted by Crippen LogP contribution is -2.08. The summed E-state index contributed by atoms with van der Waals surface area (Å²) in [6.07, 6.45) is -4.56. The Balaban J connectivity index is 2.26. The zero-order valence-corrected chi connectivity index (χ0v) is 16.4. The summed E-state index contributed by atoms with van der Waals surface area (Å²) in [5.41, 5.74) is 0.947. The number of ether oxygens (including phenoxy) is 1.